The second-order valence-electron chi connectivity index (χ2n) is 10.2. The summed E-state index contributed by atoms with van der Waals surface area (Å²) in [5.41, 5.74) is 10.7. The van der Waals surface area contributed by atoms with E-state index in [2.05, 4.69) is 52.1 Å². The molecular formula is C26H35N3O4. The van der Waals surface area contributed by atoms with Crippen LogP contribution in [0.5, 0.6) is 11.5 Å². The van der Waals surface area contributed by atoms with Crippen LogP contribution in [0.4, 0.5) is 0 Å². The zero-order valence-electron chi connectivity index (χ0n) is 20.4. The maximum atomic E-state index is 12.3. The number of amides is 2. The van der Waals surface area contributed by atoms with Crippen molar-refractivity contribution in [2.24, 2.45) is 10.8 Å². The van der Waals surface area contributed by atoms with Gasteiger partial charge in [-0.2, -0.15) is 5.10 Å². The fourth-order valence-electron chi connectivity index (χ4n) is 3.28. The lowest BCUT2D eigenvalue weighted by Gasteiger charge is -2.28. The van der Waals surface area contributed by atoms with Crippen molar-refractivity contribution in [3.8, 4) is 11.5 Å². The number of benzene rings is 2. The first-order valence-corrected chi connectivity index (χ1v) is 11.0. The summed E-state index contributed by atoms with van der Waals surface area (Å²) in [6.45, 7) is 12.2. The van der Waals surface area contributed by atoms with E-state index < -0.39 is 5.91 Å². The maximum absolute atomic E-state index is 12.3. The maximum Gasteiger partial charge on any atom is 0.255 e. The molecule has 2 aromatic carbocycles. The monoisotopic (exact) mass is 453 g/mol. The van der Waals surface area contributed by atoms with Crippen molar-refractivity contribution < 1.29 is 19.4 Å². The van der Waals surface area contributed by atoms with Gasteiger partial charge in [-0.15, -0.1) is 0 Å². The third kappa shape index (κ3) is 7.93. The number of nitrogens with one attached hydrogen (secondary N) is 1. The third-order valence-electron chi connectivity index (χ3n) is 5.09. The van der Waals surface area contributed by atoms with Crippen LogP contribution in [-0.2, 0) is 26.8 Å². The molecule has 4 N–H and O–H groups in total. The highest BCUT2D eigenvalue weighted by atomic mass is 16.5. The molecule has 33 heavy (non-hydrogen) atoms. The number of hydrogen-bond acceptors (Lipinski definition) is 5. The molecule has 0 fully saturated rings. The van der Waals surface area contributed by atoms with Gasteiger partial charge in [0.1, 0.15) is 11.5 Å². The van der Waals surface area contributed by atoms with E-state index in [1.165, 1.54) is 6.21 Å². The Morgan fingerprint density at radius 2 is 1.58 bits per heavy atom. The molecule has 7 heteroatoms. The van der Waals surface area contributed by atoms with Crippen molar-refractivity contribution in [2.75, 3.05) is 6.61 Å². The normalized spacial score (nSPS) is 12.1. The van der Waals surface area contributed by atoms with Gasteiger partial charge in [0, 0.05) is 6.42 Å². The van der Waals surface area contributed by atoms with Gasteiger partial charge in [-0.05, 0) is 63.8 Å². The first-order chi connectivity index (χ1) is 15.3. The number of aromatic hydroxyl groups is 1. The summed E-state index contributed by atoms with van der Waals surface area (Å²) in [5.74, 6) is 0.113. The van der Waals surface area contributed by atoms with Crippen LogP contribution < -0.4 is 15.9 Å². The minimum Gasteiger partial charge on any atom is -0.507 e. The Balaban J connectivity index is 1.99. The number of phenols is 1. The molecule has 2 amide bonds. The molecule has 0 saturated heterocycles. The number of carbonyl (C=O) groups is 2. The quantitative estimate of drug-likeness (QED) is 0.415. The van der Waals surface area contributed by atoms with Crippen LogP contribution in [0.3, 0.4) is 0 Å². The zero-order valence-corrected chi connectivity index (χ0v) is 20.4. The summed E-state index contributed by atoms with van der Waals surface area (Å²) in [7, 11) is 0. The highest BCUT2D eigenvalue weighted by Crippen LogP contribution is 2.39. The number of hydrazone groups is 1. The molecule has 0 radical (unpaired) electrons. The molecule has 0 aliphatic heterocycles. The lowest BCUT2D eigenvalue weighted by atomic mass is 9.78. The average Bonchev–Trinajstić information content (AvgIpc) is 2.70. The van der Waals surface area contributed by atoms with Crippen LogP contribution in [0.2, 0.25) is 0 Å². The van der Waals surface area contributed by atoms with E-state index >= 15 is 0 Å². The van der Waals surface area contributed by atoms with Crippen molar-refractivity contribution in [1.29, 1.82) is 0 Å². The van der Waals surface area contributed by atoms with Gasteiger partial charge in [-0.1, -0.05) is 53.7 Å². The topological polar surface area (TPSA) is 114 Å². The van der Waals surface area contributed by atoms with Gasteiger partial charge < -0.3 is 15.6 Å². The minimum atomic E-state index is -0.542. The fraction of sp³-hybridized carbons (Fsp3) is 0.423. The molecule has 0 spiro atoms. The molecule has 0 heterocycles. The van der Waals surface area contributed by atoms with Crippen LogP contribution in [0.25, 0.3) is 0 Å². The first-order valence-electron chi connectivity index (χ1n) is 11.0. The molecule has 0 unspecified atom stereocenters. The summed E-state index contributed by atoms with van der Waals surface area (Å²) < 4.78 is 5.20. The van der Waals surface area contributed by atoms with E-state index in [4.69, 9.17) is 10.5 Å². The van der Waals surface area contributed by atoms with Gasteiger partial charge >= 0.3 is 0 Å². The first kappa shape index (κ1) is 25.9. The van der Waals surface area contributed by atoms with Gasteiger partial charge in [-0.25, -0.2) is 5.43 Å². The van der Waals surface area contributed by atoms with Crippen molar-refractivity contribution in [3.63, 3.8) is 0 Å². The molecule has 0 aliphatic carbocycles. The molecule has 0 saturated carbocycles. The predicted molar refractivity (Wildman–Crippen MR) is 131 cm³/mol. The number of carbonyl (C=O) groups excluding carboxylic acids is 2. The van der Waals surface area contributed by atoms with E-state index in [9.17, 15) is 14.7 Å². The number of rotatable bonds is 8. The lowest BCUT2D eigenvalue weighted by Crippen LogP contribution is -2.20. The highest BCUT2D eigenvalue weighted by Gasteiger charge is 2.26. The van der Waals surface area contributed by atoms with Crippen molar-refractivity contribution in [1.82, 2.24) is 5.43 Å². The summed E-state index contributed by atoms with van der Waals surface area (Å²) in [6, 6.07) is 10.9. The van der Waals surface area contributed by atoms with Crippen LogP contribution in [0.15, 0.2) is 41.5 Å². The molecule has 2 rings (SSSR count). The number of nitrogens with two attached hydrogens (primary N) is 1. The van der Waals surface area contributed by atoms with Gasteiger partial charge in [0.25, 0.3) is 5.91 Å². The number of primary amides is 1. The van der Waals surface area contributed by atoms with Gasteiger partial charge in [0.2, 0.25) is 5.91 Å². The Bertz CT molecular complexity index is 978. The fourth-order valence-corrected chi connectivity index (χ4v) is 3.28. The Hall–Kier alpha value is -3.35. The lowest BCUT2D eigenvalue weighted by molar-refractivity contribution is -0.121. The average molecular weight is 454 g/mol. The standard InChI is InChI=1S/C26H35N3O4/c1-25(2,3)20-13-18(14-21(24(20)32)26(4,5)6)9-12-23(31)29-28-15-17-7-10-19(11-8-17)33-16-22(27)30/h7-8,10-11,13-15,32H,9,12,16H2,1-6H3,(H2,27,30)(H,29,31)/b28-15-. The Morgan fingerprint density at radius 1 is 1.03 bits per heavy atom. The van der Waals surface area contributed by atoms with Crippen LogP contribution in [0, 0.1) is 0 Å². The van der Waals surface area contributed by atoms with E-state index in [1.807, 2.05) is 12.1 Å². The Morgan fingerprint density at radius 3 is 2.06 bits per heavy atom. The molecule has 0 atom stereocenters. The number of nitrogens with zero attached hydrogens (tertiary/aromatic N) is 1. The molecule has 0 aromatic heterocycles. The van der Waals surface area contributed by atoms with Gasteiger partial charge in [-0.3, -0.25) is 9.59 Å². The summed E-state index contributed by atoms with van der Waals surface area (Å²) in [6.07, 6.45) is 2.35. The number of hydrogen-bond donors (Lipinski definition) is 3. The largest absolute Gasteiger partial charge is 0.507 e. The van der Waals surface area contributed by atoms with Crippen LogP contribution >= 0.6 is 0 Å². The van der Waals surface area contributed by atoms with Crippen LogP contribution in [-0.4, -0.2) is 29.7 Å². The number of phenolic OH excluding ortho intramolecular Hbond substituents is 1. The zero-order chi connectivity index (χ0) is 24.8. The second-order valence-corrected chi connectivity index (χ2v) is 10.2. The van der Waals surface area contributed by atoms with Crippen molar-refractivity contribution in [2.45, 2.75) is 65.2 Å². The van der Waals surface area contributed by atoms with Gasteiger partial charge in [0.15, 0.2) is 6.61 Å². The smallest absolute Gasteiger partial charge is 0.255 e. The van der Waals surface area contributed by atoms with Crippen LogP contribution in [0.1, 0.15) is 70.2 Å². The van der Waals surface area contributed by atoms with E-state index in [1.54, 1.807) is 24.3 Å². The third-order valence-corrected chi connectivity index (χ3v) is 5.09. The van der Waals surface area contributed by atoms with Crippen molar-refractivity contribution in [3.05, 3.63) is 58.7 Å². The summed E-state index contributed by atoms with van der Waals surface area (Å²) in [4.78, 5) is 23.1. The summed E-state index contributed by atoms with van der Waals surface area (Å²) in [5, 5.41) is 14.8. The second kappa shape index (κ2) is 10.5. The molecule has 0 bridgehead atoms. The molecular weight excluding hydrogens is 418 g/mol. The van der Waals surface area contributed by atoms with E-state index in [0.29, 0.717) is 17.9 Å². The predicted octanol–water partition coefficient (Wildman–Crippen LogP) is 3.93. The van der Waals surface area contributed by atoms with Crippen molar-refractivity contribution >= 4 is 18.0 Å². The molecule has 0 aliphatic rings. The Labute approximate surface area is 196 Å². The highest BCUT2D eigenvalue weighted by molar-refractivity contribution is 5.82. The number of ether oxygens (including phenoxy) is 1. The minimum absolute atomic E-state index is 0.182. The van der Waals surface area contributed by atoms with E-state index in [0.717, 1.165) is 22.3 Å². The number of aryl methyl sites for hydroxylation is 1. The SMILES string of the molecule is CC(C)(C)c1cc(CCC(=O)N/N=C\c2ccc(OCC(N)=O)cc2)cc(C(C)(C)C)c1O. The Kier molecular flexibility index (Phi) is 8.25. The summed E-state index contributed by atoms with van der Waals surface area (Å²) >= 11 is 0. The van der Waals surface area contributed by atoms with E-state index in [-0.39, 0.29) is 29.8 Å². The van der Waals surface area contributed by atoms with Gasteiger partial charge in [0.05, 0.1) is 6.21 Å². The molecule has 2 aromatic rings. The molecule has 7 nitrogen and oxygen atoms in total. The molecule has 178 valence electrons.